The highest BCUT2D eigenvalue weighted by molar-refractivity contribution is 14.1. The molecule has 0 aliphatic carbocycles. The Bertz CT molecular complexity index is 811. The zero-order valence-corrected chi connectivity index (χ0v) is 12.4. The lowest BCUT2D eigenvalue weighted by Crippen LogP contribution is -2.15. The monoisotopic (exact) mass is 379 g/mol. The van der Waals surface area contributed by atoms with Gasteiger partial charge in [0.25, 0.3) is 0 Å². The van der Waals surface area contributed by atoms with Gasteiger partial charge in [0, 0.05) is 17.1 Å². The van der Waals surface area contributed by atoms with Crippen LogP contribution in [0.15, 0.2) is 47.9 Å². The second kappa shape index (κ2) is 5.08. The third-order valence-electron chi connectivity index (χ3n) is 2.87. The van der Waals surface area contributed by atoms with E-state index in [1.165, 1.54) is 0 Å². The maximum Gasteiger partial charge on any atom is 0.170 e. The predicted octanol–water partition coefficient (Wildman–Crippen LogP) is 2.12. The molecule has 7 heteroatoms. The molecule has 0 fully saturated rings. The van der Waals surface area contributed by atoms with Crippen molar-refractivity contribution < 1.29 is 5.21 Å². The number of pyridine rings is 1. The van der Waals surface area contributed by atoms with Crippen LogP contribution in [0.4, 0.5) is 0 Å². The van der Waals surface area contributed by atoms with Crippen LogP contribution in [0.3, 0.4) is 0 Å². The van der Waals surface area contributed by atoms with Crippen molar-refractivity contribution in [1.82, 2.24) is 14.8 Å². The Labute approximate surface area is 128 Å². The Balaban J connectivity index is 2.30. The molecule has 3 aromatic rings. The number of hydrogen-bond acceptors (Lipinski definition) is 4. The van der Waals surface area contributed by atoms with Gasteiger partial charge in [-0.1, -0.05) is 23.4 Å². The normalized spacial score (nSPS) is 11.9. The maximum absolute atomic E-state index is 8.93. The molecular weight excluding hydrogens is 369 g/mol. The molecule has 0 saturated carbocycles. The number of rotatable bonds is 2. The van der Waals surface area contributed by atoms with E-state index < -0.39 is 0 Å². The lowest BCUT2D eigenvalue weighted by atomic mass is 10.1. The molecule has 0 atom stereocenters. The molecule has 0 unspecified atom stereocenters. The van der Waals surface area contributed by atoms with Gasteiger partial charge >= 0.3 is 0 Å². The van der Waals surface area contributed by atoms with Crippen LogP contribution >= 0.6 is 22.6 Å². The van der Waals surface area contributed by atoms with Crippen LogP contribution in [0.1, 0.15) is 5.56 Å². The zero-order valence-electron chi connectivity index (χ0n) is 10.2. The van der Waals surface area contributed by atoms with Gasteiger partial charge in [-0.3, -0.25) is 0 Å². The van der Waals surface area contributed by atoms with E-state index in [1.54, 1.807) is 16.9 Å². The molecule has 3 N–H and O–H groups in total. The highest BCUT2D eigenvalue weighted by Crippen LogP contribution is 2.20. The number of nitrogens with zero attached hydrogens (tertiary/aromatic N) is 4. The predicted molar refractivity (Wildman–Crippen MR) is 84.1 cm³/mol. The molecule has 6 nitrogen and oxygen atoms in total. The molecule has 0 radical (unpaired) electrons. The Morgan fingerprint density at radius 1 is 1.35 bits per heavy atom. The highest BCUT2D eigenvalue weighted by atomic mass is 127. The zero-order chi connectivity index (χ0) is 14.1. The first-order valence-corrected chi connectivity index (χ1v) is 6.85. The Morgan fingerprint density at radius 3 is 2.85 bits per heavy atom. The number of hydrogen-bond donors (Lipinski definition) is 2. The van der Waals surface area contributed by atoms with Crippen molar-refractivity contribution in [3.05, 3.63) is 51.9 Å². The van der Waals surface area contributed by atoms with Gasteiger partial charge in [-0.05, 0) is 34.7 Å². The minimum atomic E-state index is 0.0479. The van der Waals surface area contributed by atoms with Crippen LogP contribution in [0, 0.1) is 3.57 Å². The number of oxime groups is 1. The fourth-order valence-electron chi connectivity index (χ4n) is 1.97. The summed E-state index contributed by atoms with van der Waals surface area (Å²) in [5, 5.41) is 17.1. The SMILES string of the molecule is NC(=NO)c1cc(-n2cc(I)cn2)nc2ccccc12. The number of fused-ring (bicyclic) bond motifs is 1. The van der Waals surface area contributed by atoms with Gasteiger partial charge in [0.2, 0.25) is 0 Å². The van der Waals surface area contributed by atoms with E-state index in [0.29, 0.717) is 11.4 Å². The number of halogens is 1. The number of benzene rings is 1. The van der Waals surface area contributed by atoms with Crippen LogP contribution in [-0.2, 0) is 0 Å². The summed E-state index contributed by atoms with van der Waals surface area (Å²) < 4.78 is 2.66. The fourth-order valence-corrected chi connectivity index (χ4v) is 2.36. The summed E-state index contributed by atoms with van der Waals surface area (Å²) in [7, 11) is 0. The molecule has 0 aliphatic heterocycles. The van der Waals surface area contributed by atoms with E-state index in [4.69, 9.17) is 10.9 Å². The smallest absolute Gasteiger partial charge is 0.170 e. The number of nitrogens with two attached hydrogens (primary N) is 1. The molecule has 0 spiro atoms. The first kappa shape index (κ1) is 12.9. The third-order valence-corrected chi connectivity index (χ3v) is 3.43. The number of amidine groups is 1. The number of aromatic nitrogens is 3. The van der Waals surface area contributed by atoms with E-state index >= 15 is 0 Å². The molecule has 0 amide bonds. The minimum absolute atomic E-state index is 0.0479. The summed E-state index contributed by atoms with van der Waals surface area (Å²) in [6.07, 6.45) is 3.59. The van der Waals surface area contributed by atoms with Crippen LogP contribution in [0.25, 0.3) is 16.7 Å². The van der Waals surface area contributed by atoms with Crippen molar-refractivity contribution in [1.29, 1.82) is 0 Å². The summed E-state index contributed by atoms with van der Waals surface area (Å²) in [4.78, 5) is 4.54. The maximum atomic E-state index is 8.93. The van der Waals surface area contributed by atoms with E-state index in [1.807, 2.05) is 30.5 Å². The quantitative estimate of drug-likeness (QED) is 0.235. The van der Waals surface area contributed by atoms with Crippen LogP contribution in [0.2, 0.25) is 0 Å². The van der Waals surface area contributed by atoms with Crippen molar-refractivity contribution in [3.8, 4) is 5.82 Å². The number of para-hydroxylation sites is 1. The van der Waals surface area contributed by atoms with E-state index in [9.17, 15) is 0 Å². The minimum Gasteiger partial charge on any atom is -0.409 e. The lowest BCUT2D eigenvalue weighted by Gasteiger charge is -2.08. The van der Waals surface area contributed by atoms with Gasteiger partial charge in [-0.2, -0.15) is 5.10 Å². The van der Waals surface area contributed by atoms with Crippen molar-refractivity contribution in [2.45, 2.75) is 0 Å². The summed E-state index contributed by atoms with van der Waals surface area (Å²) in [6, 6.07) is 9.28. The van der Waals surface area contributed by atoms with Crippen molar-refractivity contribution >= 4 is 39.3 Å². The standard InChI is InChI=1S/C13H10IN5O/c14-8-6-16-19(7-8)12-5-10(13(15)18-20)9-3-1-2-4-11(9)17-12/h1-7,20H,(H2,15,18). The third kappa shape index (κ3) is 2.20. The van der Waals surface area contributed by atoms with Gasteiger partial charge in [0.05, 0.1) is 15.3 Å². The van der Waals surface area contributed by atoms with Crippen molar-refractivity contribution in [2.75, 3.05) is 0 Å². The molecule has 3 rings (SSSR count). The fraction of sp³-hybridized carbons (Fsp3) is 0. The van der Waals surface area contributed by atoms with E-state index in [2.05, 4.69) is 37.8 Å². The molecule has 0 bridgehead atoms. The largest absolute Gasteiger partial charge is 0.409 e. The van der Waals surface area contributed by atoms with Gasteiger partial charge in [0.15, 0.2) is 11.7 Å². The summed E-state index contributed by atoms with van der Waals surface area (Å²) in [5.41, 5.74) is 7.14. The summed E-state index contributed by atoms with van der Waals surface area (Å²) in [5.74, 6) is 0.667. The second-order valence-corrected chi connectivity index (χ2v) is 5.38. The molecule has 0 saturated heterocycles. The Hall–Kier alpha value is -2.16. The van der Waals surface area contributed by atoms with Gasteiger partial charge < -0.3 is 10.9 Å². The first-order chi connectivity index (χ1) is 9.69. The lowest BCUT2D eigenvalue weighted by molar-refractivity contribution is 0.318. The molecule has 1 aromatic carbocycles. The Kier molecular flexibility index (Phi) is 3.26. The van der Waals surface area contributed by atoms with E-state index in [-0.39, 0.29) is 5.84 Å². The van der Waals surface area contributed by atoms with E-state index in [0.717, 1.165) is 14.5 Å². The second-order valence-electron chi connectivity index (χ2n) is 4.13. The molecular formula is C13H10IN5O. The average molecular weight is 379 g/mol. The first-order valence-electron chi connectivity index (χ1n) is 5.77. The molecule has 100 valence electrons. The molecule has 20 heavy (non-hydrogen) atoms. The molecule has 2 heterocycles. The summed E-state index contributed by atoms with van der Waals surface area (Å²) in [6.45, 7) is 0. The van der Waals surface area contributed by atoms with Gasteiger partial charge in [-0.25, -0.2) is 9.67 Å². The van der Waals surface area contributed by atoms with Crippen molar-refractivity contribution in [2.24, 2.45) is 10.9 Å². The Morgan fingerprint density at radius 2 is 2.15 bits per heavy atom. The topological polar surface area (TPSA) is 89.3 Å². The van der Waals surface area contributed by atoms with Crippen LogP contribution in [-0.4, -0.2) is 25.8 Å². The highest BCUT2D eigenvalue weighted by Gasteiger charge is 2.11. The molecule has 2 aromatic heterocycles. The van der Waals surface area contributed by atoms with Gasteiger partial charge in [0.1, 0.15) is 0 Å². The van der Waals surface area contributed by atoms with Crippen LogP contribution < -0.4 is 5.73 Å². The van der Waals surface area contributed by atoms with Crippen LogP contribution in [0.5, 0.6) is 0 Å². The van der Waals surface area contributed by atoms with Crippen molar-refractivity contribution in [3.63, 3.8) is 0 Å². The average Bonchev–Trinajstić information content (AvgIpc) is 2.92. The van der Waals surface area contributed by atoms with Gasteiger partial charge in [-0.15, -0.1) is 0 Å². The molecule has 0 aliphatic rings. The summed E-state index contributed by atoms with van der Waals surface area (Å²) >= 11 is 2.18.